The van der Waals surface area contributed by atoms with Crippen LogP contribution in [0.25, 0.3) is 22.2 Å². The maximum atomic E-state index is 12.6. The zero-order valence-corrected chi connectivity index (χ0v) is 14.1. The molecule has 0 saturated heterocycles. The molecule has 6 heteroatoms. The first-order valence-corrected chi connectivity index (χ1v) is 7.82. The smallest absolute Gasteiger partial charge is 0.212 e. The average Bonchev–Trinajstić information content (AvgIpc) is 3.03. The molecule has 0 spiro atoms. The summed E-state index contributed by atoms with van der Waals surface area (Å²) < 4.78 is 0. The van der Waals surface area contributed by atoms with Crippen molar-refractivity contribution in [3.05, 3.63) is 60.1 Å². The lowest BCUT2D eigenvalue weighted by molar-refractivity contribution is 0.106. The number of hydrogen-bond acceptors (Lipinski definition) is 5. The molecular weight excluding hydrogens is 314 g/mol. The molecule has 25 heavy (non-hydrogen) atoms. The molecule has 0 fully saturated rings. The van der Waals surface area contributed by atoms with E-state index in [0.717, 1.165) is 16.8 Å². The summed E-state index contributed by atoms with van der Waals surface area (Å²) >= 11 is 0. The van der Waals surface area contributed by atoms with E-state index in [-0.39, 0.29) is 11.5 Å². The van der Waals surface area contributed by atoms with Gasteiger partial charge in [0.2, 0.25) is 5.78 Å². The predicted molar refractivity (Wildman–Crippen MR) is 101 cm³/mol. The van der Waals surface area contributed by atoms with E-state index in [1.165, 1.54) is 6.08 Å². The number of nitrogens with one attached hydrogen (secondary N) is 3. The number of ketones is 1. The Kier molecular flexibility index (Phi) is 4.35. The minimum Gasteiger partial charge on any atom is -0.399 e. The number of nitrogens with two attached hydrogens (primary N) is 1. The molecule has 0 unspecified atom stereocenters. The highest BCUT2D eigenvalue weighted by Gasteiger charge is 2.17. The Balaban J connectivity index is 2.04. The maximum absolute atomic E-state index is 12.6. The summed E-state index contributed by atoms with van der Waals surface area (Å²) in [7, 11) is 1.75. The molecule has 0 aliphatic carbocycles. The monoisotopic (exact) mass is 333 g/mol. The molecule has 0 amide bonds. The number of fused-ring (bicyclic) bond motifs is 1. The number of Topliss-reactive ketones (excluding diaryl/α,β-unsaturated/α-hetero) is 1. The molecule has 5 N–H and O–H groups in total. The molecule has 2 heterocycles. The highest BCUT2D eigenvalue weighted by molar-refractivity contribution is 6.50. The zero-order valence-electron chi connectivity index (χ0n) is 14.1. The van der Waals surface area contributed by atoms with Gasteiger partial charge in [0.15, 0.2) is 0 Å². The van der Waals surface area contributed by atoms with Crippen molar-refractivity contribution in [1.29, 1.82) is 5.41 Å². The molecule has 126 valence electrons. The Hall–Kier alpha value is -3.41. The van der Waals surface area contributed by atoms with Crippen LogP contribution in [0.1, 0.15) is 17.3 Å². The first-order valence-electron chi connectivity index (χ1n) is 7.82. The first kappa shape index (κ1) is 16.4. The van der Waals surface area contributed by atoms with Crippen molar-refractivity contribution < 1.29 is 4.79 Å². The molecule has 0 aliphatic rings. The predicted octanol–water partition coefficient (Wildman–Crippen LogP) is 3.14. The second-order valence-corrected chi connectivity index (χ2v) is 5.77. The molecule has 0 saturated carbocycles. The third-order valence-electron chi connectivity index (χ3n) is 4.00. The van der Waals surface area contributed by atoms with Crippen molar-refractivity contribution in [1.82, 2.24) is 15.3 Å². The van der Waals surface area contributed by atoms with Crippen LogP contribution in [0.5, 0.6) is 0 Å². The lowest BCUT2D eigenvalue weighted by atomic mass is 10.0. The second kappa shape index (κ2) is 6.60. The number of benzene rings is 1. The summed E-state index contributed by atoms with van der Waals surface area (Å²) in [5.41, 5.74) is 10.0. The normalized spacial score (nSPS) is 11.5. The number of aromatic amines is 1. The number of carbonyl (C=O) groups is 1. The van der Waals surface area contributed by atoms with E-state index < -0.39 is 0 Å². The number of hydrogen-bond donors (Lipinski definition) is 4. The van der Waals surface area contributed by atoms with Crippen LogP contribution in [-0.2, 0) is 0 Å². The number of allylic oxidation sites excluding steroid dienone is 2. The van der Waals surface area contributed by atoms with Gasteiger partial charge in [0.05, 0.1) is 5.56 Å². The highest BCUT2D eigenvalue weighted by Crippen LogP contribution is 2.26. The van der Waals surface area contributed by atoms with Crippen LogP contribution in [0, 0.1) is 5.41 Å². The molecule has 0 bridgehead atoms. The standard InChI is InChI=1S/C19H19N5O/c1-11(22-2)6-17(21)18(25)16-10-24-19-15(16)8-13(9-23-19)12-4-3-5-14(20)7-12/h3-10,21-22H,20H2,1-2H3,(H,23,24)/b11-6-,21-17?. The topological polar surface area (TPSA) is 108 Å². The van der Waals surface area contributed by atoms with Crippen LogP contribution in [0.4, 0.5) is 5.69 Å². The number of nitrogen functional groups attached to an aromatic ring is 1. The lowest BCUT2D eigenvalue weighted by Gasteiger charge is -2.04. The Morgan fingerprint density at radius 2 is 2.12 bits per heavy atom. The Bertz CT molecular complexity index is 1000. The van der Waals surface area contributed by atoms with E-state index in [0.29, 0.717) is 22.3 Å². The SMILES string of the molecule is CN/C(C)=C\C(=N)C(=O)c1c[nH]c2ncc(-c3cccc(N)c3)cc12. The second-order valence-electron chi connectivity index (χ2n) is 5.77. The maximum Gasteiger partial charge on any atom is 0.212 e. The van der Waals surface area contributed by atoms with Crippen molar-refractivity contribution in [3.63, 3.8) is 0 Å². The van der Waals surface area contributed by atoms with Gasteiger partial charge in [-0.2, -0.15) is 0 Å². The van der Waals surface area contributed by atoms with Crippen molar-refractivity contribution in [2.24, 2.45) is 0 Å². The molecule has 0 aliphatic heterocycles. The summed E-state index contributed by atoms with van der Waals surface area (Å²) in [5, 5.41) is 11.6. The van der Waals surface area contributed by atoms with E-state index in [1.54, 1.807) is 26.4 Å². The van der Waals surface area contributed by atoms with Gasteiger partial charge in [0, 0.05) is 41.8 Å². The highest BCUT2D eigenvalue weighted by atomic mass is 16.1. The van der Waals surface area contributed by atoms with Gasteiger partial charge in [-0.25, -0.2) is 4.98 Å². The molecular formula is C19H19N5O. The number of H-pyrrole nitrogens is 1. The van der Waals surface area contributed by atoms with Crippen LogP contribution >= 0.6 is 0 Å². The van der Waals surface area contributed by atoms with Gasteiger partial charge in [-0.05, 0) is 36.8 Å². The lowest BCUT2D eigenvalue weighted by Crippen LogP contribution is -2.13. The molecule has 6 nitrogen and oxygen atoms in total. The average molecular weight is 333 g/mol. The molecule has 2 aromatic heterocycles. The summed E-state index contributed by atoms with van der Waals surface area (Å²) in [4.78, 5) is 20.0. The summed E-state index contributed by atoms with van der Waals surface area (Å²) in [6.45, 7) is 1.80. The van der Waals surface area contributed by atoms with Crippen molar-refractivity contribution in [2.75, 3.05) is 12.8 Å². The van der Waals surface area contributed by atoms with Crippen LogP contribution in [0.15, 0.2) is 54.5 Å². The van der Waals surface area contributed by atoms with Gasteiger partial charge >= 0.3 is 0 Å². The minimum atomic E-state index is -0.354. The van der Waals surface area contributed by atoms with E-state index >= 15 is 0 Å². The number of anilines is 1. The van der Waals surface area contributed by atoms with E-state index in [2.05, 4.69) is 15.3 Å². The van der Waals surface area contributed by atoms with Crippen molar-refractivity contribution in [2.45, 2.75) is 6.92 Å². The molecule has 3 aromatic rings. The summed E-state index contributed by atoms with van der Waals surface area (Å²) in [5.74, 6) is -0.354. The Morgan fingerprint density at radius 1 is 1.32 bits per heavy atom. The third kappa shape index (κ3) is 3.28. The molecule has 0 radical (unpaired) electrons. The number of rotatable bonds is 5. The van der Waals surface area contributed by atoms with Crippen LogP contribution in [0.2, 0.25) is 0 Å². The fourth-order valence-electron chi connectivity index (χ4n) is 2.57. The van der Waals surface area contributed by atoms with Gasteiger partial charge in [-0.1, -0.05) is 12.1 Å². The molecule has 0 atom stereocenters. The molecule has 3 rings (SSSR count). The summed E-state index contributed by atoms with van der Waals surface area (Å²) in [6.07, 6.45) is 4.84. The fraction of sp³-hybridized carbons (Fsp3) is 0.105. The number of aromatic nitrogens is 2. The van der Waals surface area contributed by atoms with Gasteiger partial charge in [-0.3, -0.25) is 10.2 Å². The fourth-order valence-corrected chi connectivity index (χ4v) is 2.57. The largest absolute Gasteiger partial charge is 0.399 e. The van der Waals surface area contributed by atoms with Gasteiger partial charge in [0.25, 0.3) is 0 Å². The van der Waals surface area contributed by atoms with Gasteiger partial charge < -0.3 is 16.0 Å². The van der Waals surface area contributed by atoms with Gasteiger partial charge in [0.1, 0.15) is 11.4 Å². The Morgan fingerprint density at radius 3 is 2.84 bits per heavy atom. The van der Waals surface area contributed by atoms with Crippen LogP contribution in [0.3, 0.4) is 0 Å². The Labute approximate surface area is 145 Å². The quantitative estimate of drug-likeness (QED) is 0.327. The number of pyridine rings is 1. The minimum absolute atomic E-state index is 0.0814. The van der Waals surface area contributed by atoms with Crippen molar-refractivity contribution >= 4 is 28.2 Å². The van der Waals surface area contributed by atoms with E-state index in [4.69, 9.17) is 11.1 Å². The van der Waals surface area contributed by atoms with E-state index in [9.17, 15) is 4.79 Å². The molecule has 1 aromatic carbocycles. The van der Waals surface area contributed by atoms with Crippen LogP contribution in [-0.4, -0.2) is 28.5 Å². The number of carbonyl (C=O) groups excluding carboxylic acids is 1. The first-order chi connectivity index (χ1) is 12.0. The van der Waals surface area contributed by atoms with Gasteiger partial charge in [-0.15, -0.1) is 0 Å². The van der Waals surface area contributed by atoms with E-state index in [1.807, 2.05) is 30.3 Å². The third-order valence-corrected chi connectivity index (χ3v) is 4.00. The number of nitrogens with zero attached hydrogens (tertiary/aromatic N) is 1. The summed E-state index contributed by atoms with van der Waals surface area (Å²) in [6, 6.07) is 9.38. The van der Waals surface area contributed by atoms with Crippen molar-refractivity contribution in [3.8, 4) is 11.1 Å². The van der Waals surface area contributed by atoms with Crippen LogP contribution < -0.4 is 11.1 Å². The zero-order chi connectivity index (χ0) is 18.0.